The van der Waals surface area contributed by atoms with E-state index in [1.807, 2.05) is 0 Å². The Kier molecular flexibility index (Phi) is 3.86. The van der Waals surface area contributed by atoms with Crippen molar-refractivity contribution in [1.82, 2.24) is 5.32 Å². The normalized spacial score (nSPS) is 18.3. The fourth-order valence-electron chi connectivity index (χ4n) is 1.30. The van der Waals surface area contributed by atoms with Crippen molar-refractivity contribution < 1.29 is 14.3 Å². The van der Waals surface area contributed by atoms with Gasteiger partial charge in [0.25, 0.3) is 0 Å². The van der Waals surface area contributed by atoms with Gasteiger partial charge in [0.05, 0.1) is 12.0 Å². The van der Waals surface area contributed by atoms with Gasteiger partial charge in [-0.1, -0.05) is 0 Å². The number of carbonyl (C=O) groups excluding carboxylic acids is 1. The van der Waals surface area contributed by atoms with Crippen LogP contribution in [0.3, 0.4) is 0 Å². The number of ether oxygens (including phenoxy) is 2. The van der Waals surface area contributed by atoms with Crippen molar-refractivity contribution in [3.8, 4) is 0 Å². The molecule has 1 aliphatic carbocycles. The molecule has 1 rings (SSSR count). The number of methoxy groups -OCH3 is 2. The maximum atomic E-state index is 11.6. The minimum absolute atomic E-state index is 0.0131. The third kappa shape index (κ3) is 2.43. The standard InChI is InChI=1S/C9H18N2O3/c1-13-7(14-2)5-11-8(12)9(6-10)3-4-9/h7H,3-6,10H2,1-2H3,(H,11,12). The van der Waals surface area contributed by atoms with E-state index in [2.05, 4.69) is 5.32 Å². The zero-order chi connectivity index (χ0) is 10.6. The number of hydrogen-bond donors (Lipinski definition) is 2. The summed E-state index contributed by atoms with van der Waals surface area (Å²) < 4.78 is 9.90. The van der Waals surface area contributed by atoms with Gasteiger partial charge in [-0.2, -0.15) is 0 Å². The highest BCUT2D eigenvalue weighted by Gasteiger charge is 2.48. The van der Waals surface area contributed by atoms with E-state index in [9.17, 15) is 4.79 Å². The van der Waals surface area contributed by atoms with E-state index in [4.69, 9.17) is 15.2 Å². The van der Waals surface area contributed by atoms with E-state index in [0.29, 0.717) is 13.1 Å². The molecule has 14 heavy (non-hydrogen) atoms. The highest BCUT2D eigenvalue weighted by molar-refractivity contribution is 5.85. The summed E-state index contributed by atoms with van der Waals surface area (Å²) in [5.41, 5.74) is 5.22. The molecule has 0 aliphatic heterocycles. The molecule has 0 atom stereocenters. The Morgan fingerprint density at radius 3 is 2.43 bits per heavy atom. The number of hydrogen-bond acceptors (Lipinski definition) is 4. The quantitative estimate of drug-likeness (QED) is 0.567. The van der Waals surface area contributed by atoms with Crippen molar-refractivity contribution >= 4 is 5.91 Å². The lowest BCUT2D eigenvalue weighted by molar-refractivity contribution is -0.131. The average molecular weight is 202 g/mol. The minimum atomic E-state index is -0.382. The lowest BCUT2D eigenvalue weighted by atomic mass is 10.1. The van der Waals surface area contributed by atoms with Crippen LogP contribution in [-0.2, 0) is 14.3 Å². The first-order chi connectivity index (χ1) is 6.68. The first kappa shape index (κ1) is 11.4. The second kappa shape index (κ2) is 4.72. The van der Waals surface area contributed by atoms with E-state index in [0.717, 1.165) is 12.8 Å². The molecule has 0 aromatic carbocycles. The largest absolute Gasteiger partial charge is 0.354 e. The molecule has 1 saturated carbocycles. The van der Waals surface area contributed by atoms with E-state index in [1.165, 1.54) is 14.2 Å². The average Bonchev–Trinajstić information content (AvgIpc) is 2.99. The van der Waals surface area contributed by atoms with Gasteiger partial charge in [-0.25, -0.2) is 0 Å². The van der Waals surface area contributed by atoms with E-state index in [-0.39, 0.29) is 17.6 Å². The summed E-state index contributed by atoms with van der Waals surface area (Å²) >= 11 is 0. The SMILES string of the molecule is COC(CNC(=O)C1(CN)CC1)OC. The van der Waals surface area contributed by atoms with Crippen LogP contribution < -0.4 is 11.1 Å². The van der Waals surface area contributed by atoms with Gasteiger partial charge < -0.3 is 20.5 Å². The Labute approximate surface area is 83.9 Å². The fraction of sp³-hybridized carbons (Fsp3) is 0.889. The molecule has 82 valence electrons. The summed E-state index contributed by atoms with van der Waals surface area (Å²) in [7, 11) is 3.08. The molecule has 0 saturated heterocycles. The van der Waals surface area contributed by atoms with Crippen molar-refractivity contribution in [2.24, 2.45) is 11.1 Å². The Balaban J connectivity index is 2.27. The molecule has 0 aromatic heterocycles. The van der Waals surface area contributed by atoms with Crippen LogP contribution in [0.5, 0.6) is 0 Å². The van der Waals surface area contributed by atoms with Crippen molar-refractivity contribution in [3.63, 3.8) is 0 Å². The van der Waals surface area contributed by atoms with Gasteiger partial charge in [0.2, 0.25) is 5.91 Å². The third-order valence-electron chi connectivity index (χ3n) is 2.68. The Bertz CT molecular complexity index is 200. The van der Waals surface area contributed by atoms with Crippen LogP contribution >= 0.6 is 0 Å². The lowest BCUT2D eigenvalue weighted by Gasteiger charge is -2.17. The molecule has 5 heteroatoms. The monoisotopic (exact) mass is 202 g/mol. The highest BCUT2D eigenvalue weighted by atomic mass is 16.7. The molecule has 1 fully saturated rings. The van der Waals surface area contributed by atoms with E-state index >= 15 is 0 Å². The van der Waals surface area contributed by atoms with E-state index in [1.54, 1.807) is 0 Å². The molecule has 0 spiro atoms. The fourth-order valence-corrected chi connectivity index (χ4v) is 1.30. The minimum Gasteiger partial charge on any atom is -0.354 e. The molecule has 0 bridgehead atoms. The summed E-state index contributed by atoms with van der Waals surface area (Å²) in [6.45, 7) is 0.789. The summed E-state index contributed by atoms with van der Waals surface area (Å²) in [6.07, 6.45) is 1.40. The second-order valence-electron chi connectivity index (χ2n) is 3.60. The van der Waals surface area contributed by atoms with Crippen molar-refractivity contribution in [2.45, 2.75) is 19.1 Å². The molecule has 0 radical (unpaired) electrons. The van der Waals surface area contributed by atoms with Gasteiger partial charge in [0.1, 0.15) is 0 Å². The molecule has 0 aromatic rings. The predicted octanol–water partition coefficient (Wildman–Crippen LogP) is -0.540. The molecular weight excluding hydrogens is 184 g/mol. The second-order valence-corrected chi connectivity index (χ2v) is 3.60. The van der Waals surface area contributed by atoms with Crippen LogP contribution in [0.1, 0.15) is 12.8 Å². The smallest absolute Gasteiger partial charge is 0.227 e. The number of nitrogens with one attached hydrogen (secondary N) is 1. The molecule has 3 N–H and O–H groups in total. The number of carbonyl (C=O) groups is 1. The van der Waals surface area contributed by atoms with Gasteiger partial charge in [-0.3, -0.25) is 4.79 Å². The molecule has 5 nitrogen and oxygen atoms in total. The highest BCUT2D eigenvalue weighted by Crippen LogP contribution is 2.44. The van der Waals surface area contributed by atoms with Crippen LogP contribution in [0.15, 0.2) is 0 Å². The maximum absolute atomic E-state index is 11.6. The number of amides is 1. The van der Waals surface area contributed by atoms with Crippen molar-refractivity contribution in [1.29, 1.82) is 0 Å². The van der Waals surface area contributed by atoms with E-state index < -0.39 is 0 Å². The third-order valence-corrected chi connectivity index (χ3v) is 2.68. The van der Waals surface area contributed by atoms with Gasteiger partial charge in [-0.05, 0) is 12.8 Å². The van der Waals surface area contributed by atoms with Crippen molar-refractivity contribution in [3.05, 3.63) is 0 Å². The van der Waals surface area contributed by atoms with Gasteiger partial charge in [0.15, 0.2) is 6.29 Å². The topological polar surface area (TPSA) is 73.6 Å². The zero-order valence-corrected chi connectivity index (χ0v) is 8.71. The molecule has 1 amide bonds. The van der Waals surface area contributed by atoms with Gasteiger partial charge in [0, 0.05) is 20.8 Å². The van der Waals surface area contributed by atoms with Gasteiger partial charge >= 0.3 is 0 Å². The predicted molar refractivity (Wildman–Crippen MR) is 51.5 cm³/mol. The van der Waals surface area contributed by atoms with Gasteiger partial charge in [-0.15, -0.1) is 0 Å². The van der Waals surface area contributed by atoms with Crippen molar-refractivity contribution in [2.75, 3.05) is 27.3 Å². The Morgan fingerprint density at radius 2 is 2.07 bits per heavy atom. The Hall–Kier alpha value is -0.650. The molecular formula is C9H18N2O3. The summed E-state index contributed by atoms with van der Waals surface area (Å²) in [4.78, 5) is 11.6. The molecule has 0 heterocycles. The van der Waals surface area contributed by atoms with Crippen LogP contribution in [0.4, 0.5) is 0 Å². The Morgan fingerprint density at radius 1 is 1.50 bits per heavy atom. The zero-order valence-electron chi connectivity index (χ0n) is 8.71. The number of nitrogens with two attached hydrogens (primary N) is 1. The first-order valence-electron chi connectivity index (χ1n) is 4.72. The maximum Gasteiger partial charge on any atom is 0.227 e. The summed E-state index contributed by atoms with van der Waals surface area (Å²) in [6, 6.07) is 0. The summed E-state index contributed by atoms with van der Waals surface area (Å²) in [5, 5.41) is 2.77. The van der Waals surface area contributed by atoms with Crippen LogP contribution in [0, 0.1) is 5.41 Å². The first-order valence-corrected chi connectivity index (χ1v) is 4.72. The molecule has 1 aliphatic rings. The number of rotatable bonds is 6. The lowest BCUT2D eigenvalue weighted by Crippen LogP contribution is -2.41. The van der Waals surface area contributed by atoms with Crippen LogP contribution in [0.2, 0.25) is 0 Å². The van der Waals surface area contributed by atoms with Crippen LogP contribution in [0.25, 0.3) is 0 Å². The van der Waals surface area contributed by atoms with Crippen LogP contribution in [-0.4, -0.2) is 39.5 Å². The molecule has 0 unspecified atom stereocenters. The summed E-state index contributed by atoms with van der Waals surface area (Å²) in [5.74, 6) is 0.0131.